The second kappa shape index (κ2) is 8.59. The number of amides is 1. The minimum Gasteiger partial charge on any atom is -0.351 e. The predicted octanol–water partition coefficient (Wildman–Crippen LogP) is 2.40. The molecule has 0 bridgehead atoms. The number of piperidine rings is 1. The van der Waals surface area contributed by atoms with E-state index in [9.17, 15) is 13.2 Å². The second-order valence-electron chi connectivity index (χ2n) is 7.00. The first kappa shape index (κ1) is 21.0. The molecule has 1 N–H and O–H groups in total. The number of carbonyl (C=O) groups excluding carboxylic acids is 1. The molecule has 1 atom stereocenters. The highest BCUT2D eigenvalue weighted by Crippen LogP contribution is 2.29. The Kier molecular flexibility index (Phi) is 6.93. The van der Waals surface area contributed by atoms with Crippen LogP contribution in [0.25, 0.3) is 0 Å². The second-order valence-corrected chi connectivity index (χ2v) is 9.30. The summed E-state index contributed by atoms with van der Waals surface area (Å²) in [5, 5.41) is 3.48. The van der Waals surface area contributed by atoms with E-state index in [2.05, 4.69) is 17.3 Å². The number of nitrogens with zero attached hydrogens (tertiary/aromatic N) is 2. The maximum absolute atomic E-state index is 12.9. The van der Waals surface area contributed by atoms with Crippen molar-refractivity contribution < 1.29 is 13.2 Å². The van der Waals surface area contributed by atoms with E-state index in [1.54, 1.807) is 18.2 Å². The van der Waals surface area contributed by atoms with Crippen LogP contribution in [0.2, 0.25) is 5.02 Å². The summed E-state index contributed by atoms with van der Waals surface area (Å²) >= 11 is 6.08. The molecule has 2 rings (SSSR count). The lowest BCUT2D eigenvalue weighted by molar-refractivity contribution is -0.123. The number of hydrogen-bond donors (Lipinski definition) is 1. The maximum atomic E-state index is 12.9. The number of nitrogens with one attached hydrogen (secondary N) is 1. The summed E-state index contributed by atoms with van der Waals surface area (Å²) in [7, 11) is -1.60. The van der Waals surface area contributed by atoms with Gasteiger partial charge in [-0.25, -0.2) is 8.42 Å². The molecule has 8 heteroatoms. The normalized spacial score (nSPS) is 17.7. The zero-order valence-corrected chi connectivity index (χ0v) is 17.4. The van der Waals surface area contributed by atoms with Crippen molar-refractivity contribution in [2.45, 2.75) is 45.2 Å². The van der Waals surface area contributed by atoms with E-state index in [4.69, 9.17) is 11.6 Å². The topological polar surface area (TPSA) is 69.7 Å². The van der Waals surface area contributed by atoms with Gasteiger partial charge in [-0.15, -0.1) is 0 Å². The van der Waals surface area contributed by atoms with Crippen molar-refractivity contribution in [3.63, 3.8) is 0 Å². The van der Waals surface area contributed by atoms with Crippen LogP contribution in [0, 0.1) is 6.92 Å². The van der Waals surface area contributed by atoms with E-state index in [0.29, 0.717) is 17.1 Å². The molecule has 1 heterocycles. The zero-order valence-electron chi connectivity index (χ0n) is 15.8. The Morgan fingerprint density at radius 2 is 2.00 bits per heavy atom. The van der Waals surface area contributed by atoms with E-state index in [1.165, 1.54) is 4.31 Å². The summed E-state index contributed by atoms with van der Waals surface area (Å²) in [5.74, 6) is -0.258. The molecule has 0 aliphatic carbocycles. The molecular weight excluding hydrogens is 374 g/mol. The van der Waals surface area contributed by atoms with Gasteiger partial charge in [-0.2, -0.15) is 0 Å². The molecule has 6 nitrogen and oxygen atoms in total. The molecule has 1 amide bonds. The average molecular weight is 402 g/mol. The highest BCUT2D eigenvalue weighted by Gasteiger charge is 2.33. The van der Waals surface area contributed by atoms with Crippen molar-refractivity contribution in [1.82, 2.24) is 10.2 Å². The number of rotatable bonds is 6. The van der Waals surface area contributed by atoms with Crippen LogP contribution in [-0.4, -0.2) is 57.7 Å². The summed E-state index contributed by atoms with van der Waals surface area (Å²) in [6.45, 7) is 5.47. The lowest BCUT2D eigenvalue weighted by Crippen LogP contribution is -2.53. The fraction of sp³-hybridized carbons (Fsp3) is 0.611. The fourth-order valence-electron chi connectivity index (χ4n) is 3.31. The van der Waals surface area contributed by atoms with Gasteiger partial charge in [0.15, 0.2) is 0 Å². The van der Waals surface area contributed by atoms with Gasteiger partial charge in [0.05, 0.1) is 11.9 Å². The van der Waals surface area contributed by atoms with Crippen LogP contribution < -0.4 is 9.62 Å². The van der Waals surface area contributed by atoms with Gasteiger partial charge in [0.25, 0.3) is 0 Å². The van der Waals surface area contributed by atoms with Gasteiger partial charge < -0.3 is 10.2 Å². The molecular formula is C18H28ClN3O3S. The Morgan fingerprint density at radius 1 is 1.38 bits per heavy atom. The number of likely N-dealkylation sites (tertiary alicyclic amines) is 1. The van der Waals surface area contributed by atoms with Crippen molar-refractivity contribution in [2.75, 3.05) is 30.7 Å². The molecule has 26 heavy (non-hydrogen) atoms. The molecule has 0 saturated carbocycles. The number of hydrogen-bond acceptors (Lipinski definition) is 4. The number of carbonyl (C=O) groups is 1. The average Bonchev–Trinajstić information content (AvgIpc) is 2.56. The van der Waals surface area contributed by atoms with Crippen LogP contribution in [0.4, 0.5) is 5.69 Å². The lowest BCUT2D eigenvalue weighted by Gasteiger charge is -2.34. The number of aryl methyl sites for hydroxylation is 1. The van der Waals surface area contributed by atoms with Gasteiger partial charge in [0.1, 0.15) is 6.04 Å². The first-order valence-corrected chi connectivity index (χ1v) is 11.1. The summed E-state index contributed by atoms with van der Waals surface area (Å²) < 4.78 is 26.3. The number of sulfonamides is 1. The van der Waals surface area contributed by atoms with Crippen molar-refractivity contribution in [2.24, 2.45) is 0 Å². The Bertz CT molecular complexity index is 746. The molecule has 1 aliphatic heterocycles. The molecule has 0 spiro atoms. The van der Waals surface area contributed by atoms with Gasteiger partial charge in [-0.05, 0) is 64.0 Å². The molecule has 1 aliphatic rings. The third-order valence-corrected chi connectivity index (χ3v) is 6.20. The van der Waals surface area contributed by atoms with Crippen molar-refractivity contribution in [3.05, 3.63) is 28.8 Å². The monoisotopic (exact) mass is 401 g/mol. The van der Waals surface area contributed by atoms with E-state index in [1.807, 2.05) is 13.8 Å². The minimum absolute atomic E-state index is 0.0784. The quantitative estimate of drug-likeness (QED) is 0.794. The summed E-state index contributed by atoms with van der Waals surface area (Å²) in [4.78, 5) is 15.1. The standard InChI is InChI=1S/C18H28ClN3O3S/c1-5-16(18(23)20-15-8-10-21(3)11-9-15)22(26(4,24)25)17-12-14(19)7-6-13(17)2/h6-7,12,15-16H,5,8-11H2,1-4H3,(H,20,23)/t16-/m1/s1. The van der Waals surface area contributed by atoms with Crippen molar-refractivity contribution in [3.8, 4) is 0 Å². The Balaban J connectivity index is 2.30. The highest BCUT2D eigenvalue weighted by atomic mass is 35.5. The van der Waals surface area contributed by atoms with E-state index in [0.717, 1.165) is 37.8 Å². The van der Waals surface area contributed by atoms with Crippen LogP contribution in [-0.2, 0) is 14.8 Å². The number of anilines is 1. The Morgan fingerprint density at radius 3 is 2.54 bits per heavy atom. The van der Waals surface area contributed by atoms with Crippen LogP contribution in [0.3, 0.4) is 0 Å². The first-order valence-electron chi connectivity index (χ1n) is 8.88. The molecule has 1 fully saturated rings. The largest absolute Gasteiger partial charge is 0.351 e. The minimum atomic E-state index is -3.66. The summed E-state index contributed by atoms with van der Waals surface area (Å²) in [5.41, 5.74) is 1.20. The third-order valence-electron chi connectivity index (χ3n) is 4.80. The van der Waals surface area contributed by atoms with Gasteiger partial charge in [-0.3, -0.25) is 9.10 Å². The zero-order chi connectivity index (χ0) is 19.5. The van der Waals surface area contributed by atoms with Crippen LogP contribution in [0.15, 0.2) is 18.2 Å². The number of benzene rings is 1. The Hall–Kier alpha value is -1.31. The smallest absolute Gasteiger partial charge is 0.244 e. The fourth-order valence-corrected chi connectivity index (χ4v) is 4.73. The van der Waals surface area contributed by atoms with Gasteiger partial charge in [0.2, 0.25) is 15.9 Å². The molecule has 1 aromatic rings. The number of halogens is 1. The van der Waals surface area contributed by atoms with Gasteiger partial charge in [-0.1, -0.05) is 24.6 Å². The highest BCUT2D eigenvalue weighted by molar-refractivity contribution is 7.92. The molecule has 0 aromatic heterocycles. The lowest BCUT2D eigenvalue weighted by atomic mass is 10.0. The molecule has 146 valence electrons. The predicted molar refractivity (Wildman–Crippen MR) is 106 cm³/mol. The molecule has 0 radical (unpaired) electrons. The molecule has 1 aromatic carbocycles. The molecule has 0 unspecified atom stereocenters. The van der Waals surface area contributed by atoms with Crippen LogP contribution in [0.5, 0.6) is 0 Å². The third kappa shape index (κ3) is 5.11. The first-order chi connectivity index (χ1) is 12.1. The summed E-state index contributed by atoms with van der Waals surface area (Å²) in [6.07, 6.45) is 3.23. The van der Waals surface area contributed by atoms with Crippen LogP contribution in [0.1, 0.15) is 31.7 Å². The van der Waals surface area contributed by atoms with E-state index >= 15 is 0 Å². The Labute approximate surface area is 161 Å². The maximum Gasteiger partial charge on any atom is 0.244 e. The van der Waals surface area contributed by atoms with E-state index < -0.39 is 16.1 Å². The van der Waals surface area contributed by atoms with Crippen molar-refractivity contribution in [1.29, 1.82) is 0 Å². The SMILES string of the molecule is CC[C@H](C(=O)NC1CCN(C)CC1)N(c1cc(Cl)ccc1C)S(C)(=O)=O. The van der Waals surface area contributed by atoms with Crippen molar-refractivity contribution >= 4 is 33.2 Å². The van der Waals surface area contributed by atoms with Gasteiger partial charge >= 0.3 is 0 Å². The summed E-state index contributed by atoms with van der Waals surface area (Å²) in [6, 6.07) is 4.35. The van der Waals surface area contributed by atoms with Gasteiger partial charge in [0, 0.05) is 11.1 Å². The van der Waals surface area contributed by atoms with Crippen LogP contribution >= 0.6 is 11.6 Å². The van der Waals surface area contributed by atoms with E-state index in [-0.39, 0.29) is 11.9 Å². The molecule has 1 saturated heterocycles.